The highest BCUT2D eigenvalue weighted by molar-refractivity contribution is 5.91. The Morgan fingerprint density at radius 2 is 0.667 bits per heavy atom. The van der Waals surface area contributed by atoms with Gasteiger partial charge in [-0.25, -0.2) is 0 Å². The summed E-state index contributed by atoms with van der Waals surface area (Å²) in [6.07, 6.45) is 0. The normalized spacial score (nSPS) is 12.4. The molecule has 0 saturated heterocycles. The Hall–Kier alpha value is -8.52. The first-order valence-corrected chi connectivity index (χ1v) is 22.8. The molecule has 0 aliphatic heterocycles. The Bertz CT molecular complexity index is 3480. The summed E-state index contributed by atoms with van der Waals surface area (Å²) in [5.41, 5.74) is 19.9. The lowest BCUT2D eigenvalue weighted by Gasteiger charge is -2.35. The summed E-state index contributed by atoms with van der Waals surface area (Å²) in [6, 6.07) is 100. The van der Waals surface area contributed by atoms with E-state index in [1.807, 2.05) is 0 Å². The maximum absolute atomic E-state index is 2.45. The van der Waals surface area contributed by atoms with Crippen LogP contribution in [-0.2, 0) is 5.41 Å². The SMILES string of the molecule is c1ccc(-c2cccc(N(c3ccc(-c4cccc(-c5cccc(-c6ccc7ccccc7c6)c5)c4)cc3)c3ccc4c(c3)C(c3ccccc3)(c3ccccc3)c3ccccc3-4)c2)cc1. The van der Waals surface area contributed by atoms with Crippen molar-refractivity contribution in [1.29, 1.82) is 0 Å². The van der Waals surface area contributed by atoms with Crippen LogP contribution in [0.2, 0.25) is 0 Å². The first kappa shape index (κ1) is 39.1. The van der Waals surface area contributed by atoms with Crippen molar-refractivity contribution in [2.45, 2.75) is 5.41 Å². The lowest BCUT2D eigenvalue weighted by atomic mass is 9.67. The van der Waals surface area contributed by atoms with Crippen molar-refractivity contribution in [2.24, 2.45) is 0 Å². The highest BCUT2D eigenvalue weighted by Gasteiger charge is 2.46. The molecule has 1 aliphatic carbocycles. The molecule has 1 heteroatoms. The van der Waals surface area contributed by atoms with Gasteiger partial charge in [-0.1, -0.05) is 218 Å². The van der Waals surface area contributed by atoms with Gasteiger partial charge in [-0.15, -0.1) is 0 Å². The third-order valence-corrected chi connectivity index (χ3v) is 13.5. The van der Waals surface area contributed by atoms with Crippen LogP contribution in [0.3, 0.4) is 0 Å². The van der Waals surface area contributed by atoms with Gasteiger partial charge in [-0.05, 0) is 143 Å². The molecule has 0 amide bonds. The van der Waals surface area contributed by atoms with Gasteiger partial charge in [0.05, 0.1) is 5.41 Å². The average Bonchev–Trinajstić information content (AvgIpc) is 3.70. The number of fused-ring (bicyclic) bond motifs is 4. The highest BCUT2D eigenvalue weighted by atomic mass is 15.1. The number of hydrogen-bond donors (Lipinski definition) is 0. The van der Waals surface area contributed by atoms with E-state index in [-0.39, 0.29) is 0 Å². The minimum absolute atomic E-state index is 0.508. The summed E-state index contributed by atoms with van der Waals surface area (Å²) in [7, 11) is 0. The fourth-order valence-electron chi connectivity index (χ4n) is 10.4. The van der Waals surface area contributed by atoms with Crippen LogP contribution in [0.15, 0.2) is 273 Å². The molecule has 0 N–H and O–H groups in total. The van der Waals surface area contributed by atoms with Crippen LogP contribution in [0.4, 0.5) is 17.1 Å². The zero-order chi connectivity index (χ0) is 43.9. The first-order valence-electron chi connectivity index (χ1n) is 22.8. The van der Waals surface area contributed by atoms with E-state index in [4.69, 9.17) is 0 Å². The minimum Gasteiger partial charge on any atom is -0.310 e. The summed E-state index contributed by atoms with van der Waals surface area (Å²) in [6.45, 7) is 0. The van der Waals surface area contributed by atoms with Crippen LogP contribution in [0.1, 0.15) is 22.3 Å². The topological polar surface area (TPSA) is 3.24 Å². The molecule has 0 bridgehead atoms. The standard InChI is InChI=1S/C65H45N/c1-4-17-46(18-5-1)54-25-16-30-59(44-54)66(60-39-40-62-61-31-12-13-32-63(61)65(64(62)45-60,56-26-6-2-7-27-56)57-28-8-3-9-29-57)58-37-35-48(36-38-58)50-21-14-22-51(41-50)52-23-15-24-53(43-52)55-34-33-47-19-10-11-20-49(47)42-55/h1-45H. The van der Waals surface area contributed by atoms with Crippen molar-refractivity contribution >= 4 is 27.8 Å². The van der Waals surface area contributed by atoms with Crippen molar-refractivity contribution in [3.63, 3.8) is 0 Å². The molecule has 1 nitrogen and oxygen atoms in total. The first-order chi connectivity index (χ1) is 32.7. The lowest BCUT2D eigenvalue weighted by Crippen LogP contribution is -2.28. The molecule has 0 spiro atoms. The Kier molecular flexibility index (Phi) is 9.81. The van der Waals surface area contributed by atoms with Gasteiger partial charge in [0.25, 0.3) is 0 Å². The van der Waals surface area contributed by atoms with E-state index in [1.165, 1.54) is 88.7 Å². The van der Waals surface area contributed by atoms with Gasteiger partial charge in [0.1, 0.15) is 0 Å². The summed E-state index contributed by atoms with van der Waals surface area (Å²) in [4.78, 5) is 2.43. The molecule has 0 radical (unpaired) electrons. The van der Waals surface area contributed by atoms with E-state index in [2.05, 4.69) is 278 Å². The van der Waals surface area contributed by atoms with Crippen LogP contribution >= 0.6 is 0 Å². The predicted octanol–water partition coefficient (Wildman–Crippen LogP) is 17.3. The number of hydrogen-bond acceptors (Lipinski definition) is 1. The van der Waals surface area contributed by atoms with Crippen LogP contribution in [0.5, 0.6) is 0 Å². The molecule has 0 saturated carbocycles. The monoisotopic (exact) mass is 839 g/mol. The number of anilines is 3. The number of benzene rings is 11. The van der Waals surface area contributed by atoms with Crippen LogP contribution < -0.4 is 4.90 Å². The summed E-state index contributed by atoms with van der Waals surface area (Å²) in [5, 5.41) is 2.51. The van der Waals surface area contributed by atoms with Gasteiger partial charge in [0, 0.05) is 17.1 Å². The van der Waals surface area contributed by atoms with E-state index < -0.39 is 5.41 Å². The Balaban J connectivity index is 0.968. The fourth-order valence-corrected chi connectivity index (χ4v) is 10.4. The molecule has 0 fully saturated rings. The van der Waals surface area contributed by atoms with Crippen molar-refractivity contribution in [1.82, 2.24) is 0 Å². The van der Waals surface area contributed by atoms with Gasteiger partial charge >= 0.3 is 0 Å². The second kappa shape index (κ2) is 16.6. The van der Waals surface area contributed by atoms with Gasteiger partial charge < -0.3 is 4.90 Å². The quantitative estimate of drug-likeness (QED) is 0.140. The van der Waals surface area contributed by atoms with E-state index in [9.17, 15) is 0 Å². The maximum Gasteiger partial charge on any atom is 0.0714 e. The van der Waals surface area contributed by atoms with Crippen molar-refractivity contribution in [3.05, 3.63) is 295 Å². The zero-order valence-electron chi connectivity index (χ0n) is 36.4. The molecule has 1 aliphatic rings. The second-order valence-corrected chi connectivity index (χ2v) is 17.3. The summed E-state index contributed by atoms with van der Waals surface area (Å²) >= 11 is 0. The minimum atomic E-state index is -0.508. The van der Waals surface area contributed by atoms with Crippen LogP contribution in [0.25, 0.3) is 66.4 Å². The summed E-state index contributed by atoms with van der Waals surface area (Å²) < 4.78 is 0. The van der Waals surface area contributed by atoms with E-state index in [0.29, 0.717) is 0 Å². The zero-order valence-corrected chi connectivity index (χ0v) is 36.4. The third kappa shape index (κ3) is 6.81. The molecule has 0 heterocycles. The lowest BCUT2D eigenvalue weighted by molar-refractivity contribution is 0.768. The average molecular weight is 840 g/mol. The van der Waals surface area contributed by atoms with E-state index in [1.54, 1.807) is 0 Å². The van der Waals surface area contributed by atoms with Crippen LogP contribution in [0, 0.1) is 0 Å². The van der Waals surface area contributed by atoms with Gasteiger partial charge in [0.15, 0.2) is 0 Å². The smallest absolute Gasteiger partial charge is 0.0714 e. The molecule has 12 rings (SSSR count). The van der Waals surface area contributed by atoms with E-state index in [0.717, 1.165) is 17.1 Å². The van der Waals surface area contributed by atoms with Gasteiger partial charge in [0.2, 0.25) is 0 Å². The van der Waals surface area contributed by atoms with Crippen LogP contribution in [-0.4, -0.2) is 0 Å². The van der Waals surface area contributed by atoms with E-state index >= 15 is 0 Å². The van der Waals surface area contributed by atoms with Gasteiger partial charge in [-0.2, -0.15) is 0 Å². The molecular weight excluding hydrogens is 795 g/mol. The third-order valence-electron chi connectivity index (χ3n) is 13.5. The predicted molar refractivity (Wildman–Crippen MR) is 278 cm³/mol. The fraction of sp³-hybridized carbons (Fsp3) is 0.0154. The Morgan fingerprint density at radius 1 is 0.227 bits per heavy atom. The molecule has 11 aromatic rings. The molecular formula is C65H45N. The molecule has 11 aromatic carbocycles. The Labute approximate surface area is 387 Å². The van der Waals surface area contributed by atoms with Crippen molar-refractivity contribution in [3.8, 4) is 55.6 Å². The molecule has 0 unspecified atom stereocenters. The second-order valence-electron chi connectivity index (χ2n) is 17.3. The number of rotatable bonds is 9. The Morgan fingerprint density at radius 3 is 1.33 bits per heavy atom. The molecule has 0 aromatic heterocycles. The van der Waals surface area contributed by atoms with Gasteiger partial charge in [-0.3, -0.25) is 0 Å². The number of nitrogens with zero attached hydrogens (tertiary/aromatic N) is 1. The molecule has 66 heavy (non-hydrogen) atoms. The molecule has 0 atom stereocenters. The maximum atomic E-state index is 2.45. The highest BCUT2D eigenvalue weighted by Crippen LogP contribution is 2.57. The largest absolute Gasteiger partial charge is 0.310 e. The summed E-state index contributed by atoms with van der Waals surface area (Å²) in [5.74, 6) is 0. The van der Waals surface area contributed by atoms with Crippen molar-refractivity contribution in [2.75, 3.05) is 4.90 Å². The molecule has 310 valence electrons. The van der Waals surface area contributed by atoms with Crippen molar-refractivity contribution < 1.29 is 0 Å².